The van der Waals surface area contributed by atoms with Crippen LogP contribution in [0.2, 0.25) is 0 Å². The van der Waals surface area contributed by atoms with E-state index >= 15 is 8.78 Å². The summed E-state index contributed by atoms with van der Waals surface area (Å²) in [5.74, 6) is -2.32. The van der Waals surface area contributed by atoms with Crippen LogP contribution < -0.4 is 15.8 Å². The first-order valence-corrected chi connectivity index (χ1v) is 15.4. The number of fused-ring (bicyclic) bond motifs is 1. The van der Waals surface area contributed by atoms with Gasteiger partial charge in [-0.15, -0.1) is 11.3 Å². The molecule has 2 aromatic heterocycles. The average molecular weight is 633 g/mol. The van der Waals surface area contributed by atoms with Gasteiger partial charge in [-0.1, -0.05) is 32.9 Å². The number of hydrogen-bond acceptors (Lipinski definition) is 7. The van der Waals surface area contributed by atoms with Gasteiger partial charge in [-0.05, 0) is 53.9 Å². The number of carbonyl (C=O) groups excluding carboxylic acids is 2. The number of aromatic nitrogens is 2. The molecule has 4 aromatic rings. The Bertz CT molecular complexity index is 1900. The maximum absolute atomic E-state index is 16.1. The predicted molar refractivity (Wildman–Crippen MR) is 171 cm³/mol. The predicted octanol–water partition coefficient (Wildman–Crippen LogP) is 5.43. The number of amides is 2. The third kappa shape index (κ3) is 5.42. The van der Waals surface area contributed by atoms with E-state index in [1.54, 1.807) is 24.1 Å². The van der Waals surface area contributed by atoms with Gasteiger partial charge in [-0.2, -0.15) is 0 Å². The van der Waals surface area contributed by atoms with Crippen LogP contribution in [0.5, 0.6) is 0 Å². The minimum atomic E-state index is -0.942. The van der Waals surface area contributed by atoms with Crippen molar-refractivity contribution in [1.82, 2.24) is 19.4 Å². The first kappa shape index (κ1) is 30.6. The molecule has 0 saturated carbocycles. The summed E-state index contributed by atoms with van der Waals surface area (Å²) in [5.41, 5.74) is 1.07. The highest BCUT2D eigenvalue weighted by molar-refractivity contribution is 7.14. The van der Waals surface area contributed by atoms with Crippen molar-refractivity contribution in [1.29, 1.82) is 0 Å². The molecule has 0 spiro atoms. The van der Waals surface area contributed by atoms with Gasteiger partial charge in [-0.3, -0.25) is 24.2 Å². The lowest BCUT2D eigenvalue weighted by molar-refractivity contribution is -0.139. The number of thiophene rings is 1. The fourth-order valence-electron chi connectivity index (χ4n) is 5.67. The van der Waals surface area contributed by atoms with Gasteiger partial charge in [0, 0.05) is 49.5 Å². The molecule has 0 radical (unpaired) electrons. The molecule has 234 valence electrons. The molecule has 2 aromatic carbocycles. The molecule has 1 unspecified atom stereocenters. The molecule has 1 saturated heterocycles. The van der Waals surface area contributed by atoms with Gasteiger partial charge in [0.05, 0.1) is 17.1 Å². The summed E-state index contributed by atoms with van der Waals surface area (Å²) in [7, 11) is 5.20. The van der Waals surface area contributed by atoms with E-state index in [1.807, 2.05) is 30.1 Å². The number of nitrogens with one attached hydrogen (secondary N) is 1. The van der Waals surface area contributed by atoms with Crippen molar-refractivity contribution in [3.63, 3.8) is 0 Å². The minimum Gasteiger partial charge on any atom is -0.343 e. The molecule has 0 aliphatic carbocycles. The van der Waals surface area contributed by atoms with Crippen LogP contribution in [0.15, 0.2) is 53.5 Å². The number of nitrogens with zero attached hydrogens (tertiary/aromatic N) is 5. The summed E-state index contributed by atoms with van der Waals surface area (Å²) in [6.07, 6.45) is 1.37. The van der Waals surface area contributed by atoms with Crippen LogP contribution in [-0.4, -0.2) is 58.4 Å². The van der Waals surface area contributed by atoms with Crippen molar-refractivity contribution in [3.8, 4) is 11.3 Å². The Morgan fingerprint density at radius 3 is 2.36 bits per heavy atom. The van der Waals surface area contributed by atoms with E-state index in [0.717, 1.165) is 33.5 Å². The third-order valence-electron chi connectivity index (χ3n) is 8.33. The second kappa shape index (κ2) is 11.2. The number of aryl methyl sites for hydroxylation is 1. The van der Waals surface area contributed by atoms with Crippen molar-refractivity contribution >= 4 is 40.3 Å². The first-order valence-electron chi connectivity index (χ1n) is 14.6. The van der Waals surface area contributed by atoms with Crippen LogP contribution in [0, 0.1) is 11.6 Å². The van der Waals surface area contributed by atoms with Crippen molar-refractivity contribution in [2.24, 2.45) is 7.05 Å². The summed E-state index contributed by atoms with van der Waals surface area (Å²) < 4.78 is 32.6. The van der Waals surface area contributed by atoms with E-state index in [-0.39, 0.29) is 34.9 Å². The highest BCUT2D eigenvalue weighted by Crippen LogP contribution is 2.41. The molecule has 1 N–H and O–H groups in total. The maximum Gasteiger partial charge on any atom is 0.293 e. The van der Waals surface area contributed by atoms with E-state index in [1.165, 1.54) is 35.2 Å². The highest BCUT2D eigenvalue weighted by Gasteiger charge is 2.37. The Hall–Kier alpha value is -4.42. The number of carbonyl (C=O) groups is 2. The van der Waals surface area contributed by atoms with Gasteiger partial charge in [-0.25, -0.2) is 13.8 Å². The number of benzene rings is 2. The van der Waals surface area contributed by atoms with Crippen LogP contribution >= 0.6 is 11.3 Å². The number of anilines is 3. The van der Waals surface area contributed by atoms with Crippen LogP contribution in [0.25, 0.3) is 11.3 Å². The average Bonchev–Trinajstić information content (AvgIpc) is 3.54. The maximum atomic E-state index is 16.1. The van der Waals surface area contributed by atoms with E-state index < -0.39 is 34.8 Å². The van der Waals surface area contributed by atoms with Crippen LogP contribution in [0.3, 0.4) is 0 Å². The fourth-order valence-corrected chi connectivity index (χ4v) is 6.85. The molecule has 1 fully saturated rings. The highest BCUT2D eigenvalue weighted by atomic mass is 32.1. The normalized spacial score (nSPS) is 17.3. The molecule has 2 amide bonds. The van der Waals surface area contributed by atoms with Crippen LogP contribution in [0.1, 0.15) is 52.5 Å². The molecule has 4 heterocycles. The Kier molecular flexibility index (Phi) is 7.60. The molecule has 12 heteroatoms. The minimum absolute atomic E-state index is 0.00860. The second-order valence-corrected chi connectivity index (χ2v) is 13.7. The van der Waals surface area contributed by atoms with Crippen molar-refractivity contribution < 1.29 is 18.4 Å². The number of hydrogen-bond donors (Lipinski definition) is 1. The molecular weight excluding hydrogens is 598 g/mol. The van der Waals surface area contributed by atoms with Gasteiger partial charge in [0.2, 0.25) is 5.91 Å². The van der Waals surface area contributed by atoms with Crippen LogP contribution in [0.4, 0.5) is 26.0 Å². The standard InChI is InChI=1S/C33H34F2N6O3S/c1-33(2,3)24-15-19-16-41(31(43)28(19)45-24)27-22(34)12-11-21(25(27)35)23-17-40(6)32(44)29(37-23)36-20-9-7-18(8-10-20)26-30(42)39(5)14-13-38(26)4/h7-12,15,17,26H,13-14,16H2,1-6H3,(H,36,37). The first-order chi connectivity index (χ1) is 21.2. The smallest absolute Gasteiger partial charge is 0.293 e. The van der Waals surface area contributed by atoms with Gasteiger partial charge < -0.3 is 14.8 Å². The van der Waals surface area contributed by atoms with Crippen LogP contribution in [-0.2, 0) is 23.8 Å². The Morgan fingerprint density at radius 2 is 1.69 bits per heavy atom. The zero-order chi connectivity index (χ0) is 32.4. The number of piperazine rings is 1. The van der Waals surface area contributed by atoms with Gasteiger partial charge >= 0.3 is 0 Å². The zero-order valence-electron chi connectivity index (χ0n) is 25.9. The quantitative estimate of drug-likeness (QED) is 0.316. The van der Waals surface area contributed by atoms with Crippen molar-refractivity contribution in [2.45, 2.75) is 38.8 Å². The molecular formula is C33H34F2N6O3S. The lowest BCUT2D eigenvalue weighted by Gasteiger charge is -2.37. The van der Waals surface area contributed by atoms with E-state index in [0.29, 0.717) is 17.1 Å². The third-order valence-corrected chi connectivity index (χ3v) is 9.92. The zero-order valence-corrected chi connectivity index (χ0v) is 26.8. The molecule has 1 atom stereocenters. The Morgan fingerprint density at radius 1 is 0.978 bits per heavy atom. The number of rotatable bonds is 5. The topological polar surface area (TPSA) is 90.8 Å². The second-order valence-electron chi connectivity index (χ2n) is 12.6. The summed E-state index contributed by atoms with van der Waals surface area (Å²) in [5, 5.41) is 3.00. The molecule has 9 nitrogen and oxygen atoms in total. The van der Waals surface area contributed by atoms with Crippen molar-refractivity contribution in [3.05, 3.63) is 91.5 Å². The largest absolute Gasteiger partial charge is 0.343 e. The monoisotopic (exact) mass is 632 g/mol. The summed E-state index contributed by atoms with van der Waals surface area (Å²) >= 11 is 1.35. The lowest BCUT2D eigenvalue weighted by Crippen LogP contribution is -2.48. The number of likely N-dealkylation sites (N-methyl/N-ethyl adjacent to an activating group) is 2. The summed E-state index contributed by atoms with van der Waals surface area (Å²) in [6.45, 7) is 7.62. The van der Waals surface area contributed by atoms with Gasteiger partial charge in [0.15, 0.2) is 11.6 Å². The van der Waals surface area contributed by atoms with E-state index in [4.69, 9.17) is 0 Å². The molecule has 6 rings (SSSR count). The molecule has 2 aliphatic heterocycles. The van der Waals surface area contributed by atoms with E-state index in [9.17, 15) is 14.4 Å². The Balaban J connectivity index is 1.30. The SMILES string of the molecule is CN1CCN(C)C(c2ccc(Nc3nc(-c4ccc(F)c(N5Cc6cc(C(C)(C)C)sc6C5=O)c4F)cn(C)c3=O)cc2)C1=O. The fraction of sp³-hybridized carbons (Fsp3) is 0.333. The van der Waals surface area contributed by atoms with Crippen molar-refractivity contribution in [2.75, 3.05) is 37.4 Å². The number of halogens is 2. The molecule has 45 heavy (non-hydrogen) atoms. The Labute approximate surface area is 263 Å². The van der Waals surface area contributed by atoms with Gasteiger partial charge in [0.25, 0.3) is 11.5 Å². The van der Waals surface area contributed by atoms with E-state index in [2.05, 4.69) is 31.1 Å². The van der Waals surface area contributed by atoms with Gasteiger partial charge in [0.1, 0.15) is 17.5 Å². The molecule has 2 aliphatic rings. The summed E-state index contributed by atoms with van der Waals surface area (Å²) in [6, 6.07) is 11.0. The molecule has 0 bridgehead atoms. The summed E-state index contributed by atoms with van der Waals surface area (Å²) in [4.78, 5) is 49.9. The lowest BCUT2D eigenvalue weighted by atomic mass is 9.94.